The molecule has 1 fully saturated rings. The molecule has 2 heterocycles. The normalized spacial score (nSPS) is 17.3. The zero-order valence-electron chi connectivity index (χ0n) is 17.3. The van der Waals surface area contributed by atoms with Gasteiger partial charge in [-0.15, -0.1) is 0 Å². The van der Waals surface area contributed by atoms with E-state index in [0.29, 0.717) is 19.9 Å². The highest BCUT2D eigenvalue weighted by Gasteiger charge is 2.26. The Kier molecular flexibility index (Phi) is 5.62. The van der Waals surface area contributed by atoms with Crippen molar-refractivity contribution in [1.29, 1.82) is 0 Å². The van der Waals surface area contributed by atoms with Crippen molar-refractivity contribution < 1.29 is 19.0 Å². The van der Waals surface area contributed by atoms with Crippen molar-refractivity contribution >= 4 is 5.91 Å². The fourth-order valence-electron chi connectivity index (χ4n) is 3.77. The number of hydrogen-bond acceptors (Lipinski definition) is 5. The van der Waals surface area contributed by atoms with Gasteiger partial charge in [-0.1, -0.05) is 18.2 Å². The van der Waals surface area contributed by atoms with Gasteiger partial charge in [0.25, 0.3) is 5.91 Å². The lowest BCUT2D eigenvalue weighted by Gasteiger charge is -2.36. The van der Waals surface area contributed by atoms with Crippen LogP contribution in [0, 0.1) is 13.8 Å². The number of carbonyl (C=O) groups excluding carboxylic acids is 1. The van der Waals surface area contributed by atoms with E-state index in [9.17, 15) is 4.79 Å². The predicted octanol–water partition coefficient (Wildman–Crippen LogP) is 3.14. The van der Waals surface area contributed by atoms with Crippen LogP contribution in [0.2, 0.25) is 0 Å². The second-order valence-electron chi connectivity index (χ2n) is 7.75. The number of aryl methyl sites for hydroxylation is 1. The number of hydrogen-bond donors (Lipinski definition) is 0. The molecular weight excluding hydrogens is 368 g/mol. The maximum atomic E-state index is 12.8. The Morgan fingerprint density at radius 1 is 1.07 bits per heavy atom. The number of nitrogens with zero attached hydrogens (tertiary/aromatic N) is 2. The minimum atomic E-state index is -0.490. The number of rotatable bonds is 5. The maximum absolute atomic E-state index is 12.8. The zero-order valence-corrected chi connectivity index (χ0v) is 17.3. The van der Waals surface area contributed by atoms with Gasteiger partial charge in [-0.25, -0.2) is 0 Å². The summed E-state index contributed by atoms with van der Waals surface area (Å²) in [5.41, 5.74) is 3.45. The molecule has 4 rings (SSSR count). The SMILES string of the molecule is Cc1cccc(O[C@@H](C)C(=O)N2CCN(Cc3ccc4c(c3)OCO4)CC2)c1C. The van der Waals surface area contributed by atoms with Crippen molar-refractivity contribution in [1.82, 2.24) is 9.80 Å². The summed E-state index contributed by atoms with van der Waals surface area (Å²) >= 11 is 0. The number of carbonyl (C=O) groups is 1. The lowest BCUT2D eigenvalue weighted by Crippen LogP contribution is -2.51. The minimum Gasteiger partial charge on any atom is -0.481 e. The average Bonchev–Trinajstić information content (AvgIpc) is 3.19. The van der Waals surface area contributed by atoms with Crippen LogP contribution in [0.15, 0.2) is 36.4 Å². The Hall–Kier alpha value is -2.73. The standard InChI is InChI=1S/C23H28N2O4/c1-16-5-4-6-20(17(16)2)29-18(3)23(26)25-11-9-24(10-12-25)14-19-7-8-21-22(13-19)28-15-27-21/h4-8,13,18H,9-12,14-15H2,1-3H3/t18-/m0/s1. The molecule has 0 unspecified atom stereocenters. The average molecular weight is 396 g/mol. The third kappa shape index (κ3) is 4.32. The molecule has 0 bridgehead atoms. The van der Waals surface area contributed by atoms with E-state index in [1.54, 1.807) is 0 Å². The summed E-state index contributed by atoms with van der Waals surface area (Å²) in [6.07, 6.45) is -0.490. The molecule has 29 heavy (non-hydrogen) atoms. The fourth-order valence-corrected chi connectivity index (χ4v) is 3.77. The van der Waals surface area contributed by atoms with Gasteiger partial charge in [0.1, 0.15) is 5.75 Å². The van der Waals surface area contributed by atoms with Gasteiger partial charge >= 0.3 is 0 Å². The molecule has 154 valence electrons. The van der Waals surface area contributed by atoms with Gasteiger partial charge in [-0.2, -0.15) is 0 Å². The molecule has 2 aliphatic rings. The van der Waals surface area contributed by atoms with Gasteiger partial charge in [0.15, 0.2) is 17.6 Å². The molecule has 0 aromatic heterocycles. The van der Waals surface area contributed by atoms with Crippen LogP contribution in [0.4, 0.5) is 0 Å². The Labute approximate surface area is 172 Å². The van der Waals surface area contributed by atoms with Crippen LogP contribution in [0.5, 0.6) is 17.2 Å². The summed E-state index contributed by atoms with van der Waals surface area (Å²) in [6, 6.07) is 12.0. The van der Waals surface area contributed by atoms with Gasteiger partial charge < -0.3 is 19.1 Å². The molecule has 0 aliphatic carbocycles. The Bertz CT molecular complexity index is 890. The van der Waals surface area contributed by atoms with Crippen molar-refractivity contribution in [3.8, 4) is 17.2 Å². The van der Waals surface area contributed by atoms with Crippen molar-refractivity contribution in [3.05, 3.63) is 53.1 Å². The Morgan fingerprint density at radius 2 is 1.83 bits per heavy atom. The second kappa shape index (κ2) is 8.33. The first-order valence-corrected chi connectivity index (χ1v) is 10.1. The minimum absolute atomic E-state index is 0.0497. The Morgan fingerprint density at radius 3 is 2.62 bits per heavy atom. The van der Waals surface area contributed by atoms with Crippen LogP contribution in [0.3, 0.4) is 0 Å². The van der Waals surface area contributed by atoms with Crippen LogP contribution in [0.1, 0.15) is 23.6 Å². The van der Waals surface area contributed by atoms with E-state index in [1.165, 1.54) is 11.1 Å². The quantitative estimate of drug-likeness (QED) is 0.777. The van der Waals surface area contributed by atoms with Crippen LogP contribution >= 0.6 is 0 Å². The van der Waals surface area contributed by atoms with Gasteiger partial charge in [0.05, 0.1) is 0 Å². The highest BCUT2D eigenvalue weighted by atomic mass is 16.7. The molecule has 6 heteroatoms. The van der Waals surface area contributed by atoms with E-state index in [4.69, 9.17) is 14.2 Å². The first-order chi connectivity index (χ1) is 14.0. The van der Waals surface area contributed by atoms with Crippen LogP contribution in [-0.2, 0) is 11.3 Å². The van der Waals surface area contributed by atoms with E-state index in [2.05, 4.69) is 11.0 Å². The molecule has 0 saturated carbocycles. The third-order valence-corrected chi connectivity index (χ3v) is 5.73. The molecule has 1 saturated heterocycles. The van der Waals surface area contributed by atoms with Crippen molar-refractivity contribution in [2.75, 3.05) is 33.0 Å². The van der Waals surface area contributed by atoms with E-state index in [1.807, 2.05) is 56.0 Å². The maximum Gasteiger partial charge on any atom is 0.263 e. The zero-order chi connectivity index (χ0) is 20.4. The van der Waals surface area contributed by atoms with Crippen LogP contribution in [0.25, 0.3) is 0 Å². The summed E-state index contributed by atoms with van der Waals surface area (Å²) in [5.74, 6) is 2.46. The predicted molar refractivity (Wildman–Crippen MR) is 110 cm³/mol. The molecule has 0 radical (unpaired) electrons. The van der Waals surface area contributed by atoms with Crippen molar-refractivity contribution in [2.24, 2.45) is 0 Å². The topological polar surface area (TPSA) is 51.2 Å². The van der Waals surface area contributed by atoms with Gasteiger partial charge in [-0.3, -0.25) is 9.69 Å². The summed E-state index contributed by atoms with van der Waals surface area (Å²) in [7, 11) is 0. The summed E-state index contributed by atoms with van der Waals surface area (Å²) in [5, 5.41) is 0. The number of benzene rings is 2. The Balaban J connectivity index is 1.29. The summed E-state index contributed by atoms with van der Waals surface area (Å²) < 4.78 is 16.8. The van der Waals surface area contributed by atoms with Crippen molar-refractivity contribution in [3.63, 3.8) is 0 Å². The third-order valence-electron chi connectivity index (χ3n) is 5.73. The molecule has 2 aromatic rings. The smallest absolute Gasteiger partial charge is 0.263 e. The number of ether oxygens (including phenoxy) is 3. The van der Waals surface area contributed by atoms with E-state index >= 15 is 0 Å². The first-order valence-electron chi connectivity index (χ1n) is 10.1. The fraction of sp³-hybridized carbons (Fsp3) is 0.435. The van der Waals surface area contributed by atoms with E-state index < -0.39 is 6.10 Å². The van der Waals surface area contributed by atoms with Gasteiger partial charge in [0.2, 0.25) is 6.79 Å². The molecule has 2 aliphatic heterocycles. The van der Waals surface area contributed by atoms with E-state index in [0.717, 1.165) is 42.4 Å². The molecule has 6 nitrogen and oxygen atoms in total. The van der Waals surface area contributed by atoms with Gasteiger partial charge in [-0.05, 0) is 55.7 Å². The summed E-state index contributed by atoms with van der Waals surface area (Å²) in [6.45, 7) is 10.2. The highest BCUT2D eigenvalue weighted by molar-refractivity contribution is 5.81. The molecule has 0 N–H and O–H groups in total. The molecule has 1 amide bonds. The number of fused-ring (bicyclic) bond motifs is 1. The van der Waals surface area contributed by atoms with E-state index in [-0.39, 0.29) is 5.91 Å². The second-order valence-corrected chi connectivity index (χ2v) is 7.75. The van der Waals surface area contributed by atoms with Gasteiger partial charge in [0, 0.05) is 32.7 Å². The first kappa shape index (κ1) is 19.6. The number of amides is 1. The monoisotopic (exact) mass is 396 g/mol. The lowest BCUT2D eigenvalue weighted by atomic mass is 10.1. The molecular formula is C23H28N2O4. The molecule has 0 spiro atoms. The van der Waals surface area contributed by atoms with Crippen molar-refractivity contribution in [2.45, 2.75) is 33.4 Å². The summed E-state index contributed by atoms with van der Waals surface area (Å²) in [4.78, 5) is 17.1. The number of piperazine rings is 1. The molecule has 2 aromatic carbocycles. The highest BCUT2D eigenvalue weighted by Crippen LogP contribution is 2.33. The molecule has 1 atom stereocenters. The van der Waals surface area contributed by atoms with Crippen LogP contribution < -0.4 is 14.2 Å². The van der Waals surface area contributed by atoms with Crippen LogP contribution in [-0.4, -0.2) is 54.8 Å². The largest absolute Gasteiger partial charge is 0.481 e. The lowest BCUT2D eigenvalue weighted by molar-refractivity contribution is -0.139.